The van der Waals surface area contributed by atoms with Gasteiger partial charge in [0.2, 0.25) is 0 Å². The number of nitrogens with zero attached hydrogens (tertiary/aromatic N) is 2. The molecule has 2 bridgehead atoms. The summed E-state index contributed by atoms with van der Waals surface area (Å²) in [6.07, 6.45) is 6.80. The first-order valence-corrected chi connectivity index (χ1v) is 8.99. The van der Waals surface area contributed by atoms with Gasteiger partial charge < -0.3 is 5.32 Å². The molecule has 0 spiro atoms. The molecule has 5 unspecified atom stereocenters. The van der Waals surface area contributed by atoms with E-state index in [9.17, 15) is 0 Å². The topological polar surface area (TPSA) is 29.9 Å². The molecule has 1 aromatic heterocycles. The van der Waals surface area contributed by atoms with E-state index in [-0.39, 0.29) is 0 Å². The minimum atomic E-state index is 0.662. The molecule has 3 fully saturated rings. The van der Waals surface area contributed by atoms with Crippen molar-refractivity contribution in [1.29, 1.82) is 0 Å². The lowest BCUT2D eigenvalue weighted by molar-refractivity contribution is 0.370. The summed E-state index contributed by atoms with van der Waals surface area (Å²) < 4.78 is 2.22. The monoisotopic (exact) mass is 287 g/mol. The Bertz CT molecular complexity index is 505. The predicted octanol–water partition coefficient (Wildman–Crippen LogP) is 2.89. The molecule has 3 aliphatic carbocycles. The molecule has 3 aliphatic rings. The van der Waals surface area contributed by atoms with Crippen molar-refractivity contribution in [3.8, 4) is 0 Å². The van der Waals surface area contributed by atoms with Crippen LogP contribution in [0.3, 0.4) is 0 Å². The van der Waals surface area contributed by atoms with Gasteiger partial charge in [0.05, 0.1) is 5.69 Å². The maximum Gasteiger partial charge on any atom is 0.0624 e. The number of hydrogen-bond donors (Lipinski definition) is 1. The Balaban J connectivity index is 1.49. The largest absolute Gasteiger partial charge is 0.316 e. The maximum absolute atomic E-state index is 4.72. The fourth-order valence-electron chi connectivity index (χ4n) is 5.71. The molecule has 0 radical (unpaired) electrons. The number of nitrogens with one attached hydrogen (secondary N) is 1. The lowest BCUT2D eigenvalue weighted by Crippen LogP contribution is -2.33. The van der Waals surface area contributed by atoms with Crippen molar-refractivity contribution in [3.63, 3.8) is 0 Å². The molecule has 116 valence electrons. The second kappa shape index (κ2) is 5.12. The van der Waals surface area contributed by atoms with Crippen molar-refractivity contribution < 1.29 is 0 Å². The molecule has 3 heteroatoms. The van der Waals surface area contributed by atoms with Gasteiger partial charge in [-0.25, -0.2) is 0 Å². The lowest BCUT2D eigenvalue weighted by atomic mass is 9.94. The van der Waals surface area contributed by atoms with Crippen LogP contribution >= 0.6 is 0 Å². The van der Waals surface area contributed by atoms with Gasteiger partial charge in [-0.15, -0.1) is 0 Å². The number of hydrogen-bond acceptors (Lipinski definition) is 2. The molecule has 4 rings (SSSR count). The van der Waals surface area contributed by atoms with Crippen molar-refractivity contribution >= 4 is 0 Å². The molecule has 0 aliphatic heterocycles. The van der Waals surface area contributed by atoms with Crippen molar-refractivity contribution in [2.45, 2.75) is 58.5 Å². The molecule has 21 heavy (non-hydrogen) atoms. The minimum Gasteiger partial charge on any atom is -0.316 e. The summed E-state index contributed by atoms with van der Waals surface area (Å²) in [5.74, 6) is 5.22. The average molecular weight is 287 g/mol. The quantitative estimate of drug-likeness (QED) is 0.872. The zero-order chi connectivity index (χ0) is 14.6. The van der Waals surface area contributed by atoms with Crippen LogP contribution in [0.4, 0.5) is 0 Å². The Kier molecular flexibility index (Phi) is 3.36. The van der Waals surface area contributed by atoms with Crippen LogP contribution in [0.1, 0.15) is 44.5 Å². The van der Waals surface area contributed by atoms with Gasteiger partial charge >= 0.3 is 0 Å². The Hall–Kier alpha value is -0.830. The third kappa shape index (κ3) is 2.08. The van der Waals surface area contributed by atoms with Crippen molar-refractivity contribution in [3.05, 3.63) is 17.5 Å². The number of fused-ring (bicyclic) bond motifs is 5. The molecule has 1 heterocycles. The fourth-order valence-corrected chi connectivity index (χ4v) is 5.71. The van der Waals surface area contributed by atoms with Gasteiger partial charge in [0.15, 0.2) is 0 Å². The number of rotatable bonds is 6. The SMILES string of the molecule is CCc1cc(CC(NC)C2C3C4CCC(C4)C32)n(CC)n1. The summed E-state index contributed by atoms with van der Waals surface area (Å²) in [6.45, 7) is 5.40. The molecule has 1 N–H and O–H groups in total. The third-order valence-electron chi connectivity index (χ3n) is 6.64. The molecule has 1 aromatic rings. The van der Waals surface area contributed by atoms with Gasteiger partial charge in [0.1, 0.15) is 0 Å². The zero-order valence-corrected chi connectivity index (χ0v) is 13.7. The summed E-state index contributed by atoms with van der Waals surface area (Å²) in [4.78, 5) is 0. The summed E-state index contributed by atoms with van der Waals surface area (Å²) in [5, 5.41) is 8.37. The number of likely N-dealkylation sites (N-methyl/N-ethyl adjacent to an activating group) is 1. The van der Waals surface area contributed by atoms with E-state index in [0.29, 0.717) is 6.04 Å². The molecule has 0 saturated heterocycles. The van der Waals surface area contributed by atoms with E-state index in [1.807, 2.05) is 0 Å². The highest BCUT2D eigenvalue weighted by atomic mass is 15.3. The Morgan fingerprint density at radius 1 is 1.29 bits per heavy atom. The molecule has 3 nitrogen and oxygen atoms in total. The van der Waals surface area contributed by atoms with Crippen LogP contribution in [0.15, 0.2) is 6.07 Å². The summed E-state index contributed by atoms with van der Waals surface area (Å²) >= 11 is 0. The second-order valence-corrected chi connectivity index (χ2v) is 7.46. The number of aromatic nitrogens is 2. The van der Waals surface area contributed by atoms with Crippen LogP contribution < -0.4 is 5.32 Å². The molecular formula is C18H29N3. The maximum atomic E-state index is 4.72. The first kappa shape index (κ1) is 13.8. The van der Waals surface area contributed by atoms with E-state index in [1.54, 1.807) is 6.42 Å². The van der Waals surface area contributed by atoms with Gasteiger partial charge in [-0.3, -0.25) is 4.68 Å². The Morgan fingerprint density at radius 3 is 2.57 bits per heavy atom. The summed E-state index contributed by atoms with van der Waals surface area (Å²) in [6, 6.07) is 3.00. The normalized spacial score (nSPS) is 37.8. The second-order valence-electron chi connectivity index (χ2n) is 7.46. The highest BCUT2D eigenvalue weighted by molar-refractivity contribution is 5.19. The van der Waals surface area contributed by atoms with Crippen molar-refractivity contribution in [2.24, 2.45) is 29.6 Å². The Morgan fingerprint density at radius 2 is 2.00 bits per heavy atom. The number of aryl methyl sites for hydroxylation is 2. The van der Waals surface area contributed by atoms with Gasteiger partial charge in [0.25, 0.3) is 0 Å². The molecular weight excluding hydrogens is 258 g/mol. The highest BCUT2D eigenvalue weighted by Crippen LogP contribution is 2.70. The molecule has 0 aromatic carbocycles. The standard InChI is InChI=1S/C18H29N3/c1-4-13-9-14(21(5-2)20-13)10-15(19-3)18-16-11-6-7-12(8-11)17(16)18/h9,11-12,15-19H,4-8,10H2,1-3H3. The van der Waals surface area contributed by atoms with Crippen LogP contribution in [0.25, 0.3) is 0 Å². The van der Waals surface area contributed by atoms with E-state index >= 15 is 0 Å². The van der Waals surface area contributed by atoms with Crippen LogP contribution in [0.5, 0.6) is 0 Å². The van der Waals surface area contributed by atoms with Crippen molar-refractivity contribution in [1.82, 2.24) is 15.1 Å². The first-order chi connectivity index (χ1) is 10.3. The van der Waals surface area contributed by atoms with Gasteiger partial charge in [-0.05, 0) is 75.3 Å². The molecule has 0 amide bonds. The minimum absolute atomic E-state index is 0.662. The van der Waals surface area contributed by atoms with E-state index in [1.165, 1.54) is 24.2 Å². The van der Waals surface area contributed by atoms with E-state index < -0.39 is 0 Å². The highest BCUT2D eigenvalue weighted by Gasteiger charge is 2.66. The third-order valence-corrected chi connectivity index (χ3v) is 6.64. The zero-order valence-electron chi connectivity index (χ0n) is 13.7. The smallest absolute Gasteiger partial charge is 0.0624 e. The van der Waals surface area contributed by atoms with Crippen molar-refractivity contribution in [2.75, 3.05) is 7.05 Å². The summed E-state index contributed by atoms with van der Waals surface area (Å²) in [7, 11) is 2.16. The van der Waals surface area contributed by atoms with Gasteiger partial charge in [-0.1, -0.05) is 6.92 Å². The van der Waals surface area contributed by atoms with E-state index in [4.69, 9.17) is 5.10 Å². The van der Waals surface area contributed by atoms with Gasteiger partial charge in [0, 0.05) is 24.7 Å². The van der Waals surface area contributed by atoms with Crippen LogP contribution in [0, 0.1) is 29.6 Å². The van der Waals surface area contributed by atoms with Crippen LogP contribution in [-0.2, 0) is 19.4 Å². The lowest BCUT2D eigenvalue weighted by Gasteiger charge is -2.20. The van der Waals surface area contributed by atoms with Gasteiger partial charge in [-0.2, -0.15) is 5.10 Å². The molecule has 5 atom stereocenters. The summed E-state index contributed by atoms with van der Waals surface area (Å²) in [5.41, 5.74) is 2.68. The molecule has 3 saturated carbocycles. The predicted molar refractivity (Wildman–Crippen MR) is 85.1 cm³/mol. The Labute approximate surface area is 128 Å². The van der Waals surface area contributed by atoms with Crippen LogP contribution in [0.2, 0.25) is 0 Å². The van der Waals surface area contributed by atoms with E-state index in [0.717, 1.165) is 49.0 Å². The average Bonchev–Trinajstić information content (AvgIpc) is 2.85. The van der Waals surface area contributed by atoms with Crippen LogP contribution in [-0.4, -0.2) is 22.9 Å². The van der Waals surface area contributed by atoms with E-state index in [2.05, 4.69) is 37.0 Å². The first-order valence-electron chi connectivity index (χ1n) is 8.99. The fraction of sp³-hybridized carbons (Fsp3) is 0.833.